The maximum atomic E-state index is 14.3. The summed E-state index contributed by atoms with van der Waals surface area (Å²) in [5.74, 6) is -0.491. The van der Waals surface area contributed by atoms with Crippen molar-refractivity contribution < 1.29 is 9.53 Å². The van der Waals surface area contributed by atoms with Gasteiger partial charge in [-0.1, -0.05) is 65.4 Å². The largest absolute Gasteiger partial charge is 0.463 e. The number of thioether (sulfide) groups is 1. The number of ether oxygens (including phenoxy) is 1. The van der Waals surface area contributed by atoms with Crippen LogP contribution in [-0.4, -0.2) is 28.0 Å². The van der Waals surface area contributed by atoms with Gasteiger partial charge < -0.3 is 9.30 Å². The lowest BCUT2D eigenvalue weighted by Gasteiger charge is -2.26. The second kappa shape index (κ2) is 12.5. The molecular formula is C35H30ClN3O3S2. The quantitative estimate of drug-likeness (QED) is 0.147. The Hall–Kier alpha value is -4.11. The van der Waals surface area contributed by atoms with Gasteiger partial charge in [0.2, 0.25) is 0 Å². The number of aryl methyl sites for hydroxylation is 1. The van der Waals surface area contributed by atoms with E-state index in [2.05, 4.69) is 10.6 Å². The molecule has 0 aliphatic carbocycles. The summed E-state index contributed by atoms with van der Waals surface area (Å²) in [6.45, 7) is 6.05. The Balaban J connectivity index is 1.59. The van der Waals surface area contributed by atoms with Crippen LogP contribution in [0.3, 0.4) is 0 Å². The minimum atomic E-state index is -0.708. The van der Waals surface area contributed by atoms with Crippen LogP contribution in [0.2, 0.25) is 5.02 Å². The van der Waals surface area contributed by atoms with E-state index in [4.69, 9.17) is 21.3 Å². The van der Waals surface area contributed by atoms with Crippen LogP contribution in [0.5, 0.6) is 0 Å². The Labute approximate surface area is 268 Å². The van der Waals surface area contributed by atoms with Gasteiger partial charge in [0.1, 0.15) is 0 Å². The molecule has 3 aromatic carbocycles. The second-order valence-electron chi connectivity index (χ2n) is 10.3. The Morgan fingerprint density at radius 3 is 2.41 bits per heavy atom. The van der Waals surface area contributed by atoms with Gasteiger partial charge in [0.05, 0.1) is 28.5 Å². The molecule has 0 amide bonds. The summed E-state index contributed by atoms with van der Waals surface area (Å²) in [7, 11) is 0. The number of thiazole rings is 1. The van der Waals surface area contributed by atoms with Crippen molar-refractivity contribution in [1.29, 1.82) is 0 Å². The van der Waals surface area contributed by atoms with E-state index >= 15 is 0 Å². The van der Waals surface area contributed by atoms with E-state index in [1.54, 1.807) is 23.3 Å². The molecule has 0 saturated heterocycles. The molecular weight excluding hydrogens is 610 g/mol. The number of carbonyl (C=O) groups excluding carboxylic acids is 1. The molecule has 1 atom stereocenters. The molecule has 0 bridgehead atoms. The third-order valence-corrected chi connectivity index (χ3v) is 9.63. The zero-order chi connectivity index (χ0) is 31.0. The Bertz CT molecular complexity index is 2070. The first-order valence-corrected chi connectivity index (χ1v) is 16.6. The van der Waals surface area contributed by atoms with Crippen LogP contribution in [-0.2, 0) is 9.53 Å². The molecule has 0 unspecified atom stereocenters. The van der Waals surface area contributed by atoms with Crippen molar-refractivity contribution in [3.63, 3.8) is 0 Å². The number of rotatable bonds is 7. The number of hydrogen-bond donors (Lipinski definition) is 0. The number of aromatic nitrogens is 2. The number of halogens is 1. The van der Waals surface area contributed by atoms with E-state index in [1.807, 2.05) is 105 Å². The average Bonchev–Trinajstić information content (AvgIpc) is 3.50. The lowest BCUT2D eigenvalue weighted by Crippen LogP contribution is -2.40. The molecule has 6 nitrogen and oxygen atoms in total. The molecule has 6 rings (SSSR count). The lowest BCUT2D eigenvalue weighted by atomic mass is 9.93. The van der Waals surface area contributed by atoms with E-state index in [-0.39, 0.29) is 12.2 Å². The maximum absolute atomic E-state index is 14.3. The summed E-state index contributed by atoms with van der Waals surface area (Å²) in [5.41, 5.74) is 6.18. The highest BCUT2D eigenvalue weighted by Crippen LogP contribution is 2.35. The van der Waals surface area contributed by atoms with E-state index < -0.39 is 12.0 Å². The van der Waals surface area contributed by atoms with Crippen LogP contribution in [0.25, 0.3) is 17.5 Å². The zero-order valence-electron chi connectivity index (χ0n) is 24.7. The van der Waals surface area contributed by atoms with Crippen molar-refractivity contribution in [2.24, 2.45) is 4.99 Å². The minimum absolute atomic E-state index is 0.205. The number of fused-ring (bicyclic) bond motifs is 1. The van der Waals surface area contributed by atoms with Gasteiger partial charge in [0.15, 0.2) is 4.80 Å². The smallest absolute Gasteiger partial charge is 0.338 e. The van der Waals surface area contributed by atoms with Crippen LogP contribution >= 0.6 is 34.7 Å². The average molecular weight is 640 g/mol. The van der Waals surface area contributed by atoms with Crippen LogP contribution in [0, 0.1) is 13.8 Å². The van der Waals surface area contributed by atoms with Crippen molar-refractivity contribution in [2.75, 3.05) is 12.9 Å². The predicted octanol–water partition coefficient (Wildman–Crippen LogP) is 6.72. The van der Waals surface area contributed by atoms with Gasteiger partial charge in [-0.15, -0.1) is 11.8 Å². The summed E-state index contributed by atoms with van der Waals surface area (Å²) in [6, 6.07) is 26.6. The van der Waals surface area contributed by atoms with Crippen molar-refractivity contribution in [3.05, 3.63) is 143 Å². The van der Waals surface area contributed by atoms with E-state index in [9.17, 15) is 9.59 Å². The molecule has 0 spiro atoms. The van der Waals surface area contributed by atoms with Gasteiger partial charge in [0, 0.05) is 32.6 Å². The van der Waals surface area contributed by atoms with Gasteiger partial charge in [-0.3, -0.25) is 9.36 Å². The second-order valence-corrected chi connectivity index (χ2v) is 12.7. The van der Waals surface area contributed by atoms with E-state index in [0.717, 1.165) is 38.7 Å². The highest BCUT2D eigenvalue weighted by atomic mass is 35.5. The van der Waals surface area contributed by atoms with Crippen LogP contribution < -0.4 is 14.9 Å². The van der Waals surface area contributed by atoms with E-state index in [0.29, 0.717) is 25.6 Å². The van der Waals surface area contributed by atoms with Gasteiger partial charge in [-0.25, -0.2) is 9.79 Å². The number of benzene rings is 3. The summed E-state index contributed by atoms with van der Waals surface area (Å²) < 4.78 is 9.89. The highest BCUT2D eigenvalue weighted by molar-refractivity contribution is 7.98. The third-order valence-electron chi connectivity index (χ3n) is 7.65. The van der Waals surface area contributed by atoms with Crippen molar-refractivity contribution in [3.8, 4) is 5.69 Å². The van der Waals surface area contributed by atoms with Gasteiger partial charge in [0.25, 0.3) is 5.56 Å². The molecule has 1 aliphatic rings. The van der Waals surface area contributed by atoms with Gasteiger partial charge in [-0.2, -0.15) is 0 Å². The zero-order valence-corrected chi connectivity index (χ0v) is 27.1. The summed E-state index contributed by atoms with van der Waals surface area (Å²) >= 11 is 9.09. The molecule has 5 aromatic rings. The van der Waals surface area contributed by atoms with Gasteiger partial charge >= 0.3 is 5.97 Å². The fourth-order valence-electron chi connectivity index (χ4n) is 5.60. The molecule has 2 aromatic heterocycles. The summed E-state index contributed by atoms with van der Waals surface area (Å²) in [5, 5.41) is 0.673. The molecule has 3 heterocycles. The van der Waals surface area contributed by atoms with Crippen LogP contribution in [0.4, 0.5) is 0 Å². The maximum Gasteiger partial charge on any atom is 0.338 e. The summed E-state index contributed by atoms with van der Waals surface area (Å²) in [6.07, 6.45) is 3.93. The molecule has 0 fully saturated rings. The Morgan fingerprint density at radius 2 is 1.75 bits per heavy atom. The van der Waals surface area contributed by atoms with Crippen LogP contribution in [0.1, 0.15) is 41.0 Å². The number of carbonyl (C=O) groups is 1. The lowest BCUT2D eigenvalue weighted by molar-refractivity contribution is -0.138. The first-order chi connectivity index (χ1) is 21.3. The predicted molar refractivity (Wildman–Crippen MR) is 180 cm³/mol. The SMILES string of the molecule is CCOC(=O)C1=C(c2ccccc2)N=c2s/c(=C\c3cc(C)n(-c4ccc(Cl)cc4)c3C)c(=O)n2[C@@H]1c1ccc(SC)cc1. The van der Waals surface area contributed by atoms with Crippen molar-refractivity contribution in [2.45, 2.75) is 31.7 Å². The molecule has 0 radical (unpaired) electrons. The summed E-state index contributed by atoms with van der Waals surface area (Å²) in [4.78, 5) is 34.5. The Kier molecular flexibility index (Phi) is 8.49. The number of nitrogens with zero attached hydrogens (tertiary/aromatic N) is 3. The van der Waals surface area contributed by atoms with Gasteiger partial charge in [-0.05, 0) is 86.7 Å². The minimum Gasteiger partial charge on any atom is -0.463 e. The molecule has 222 valence electrons. The molecule has 1 aliphatic heterocycles. The Morgan fingerprint density at radius 1 is 1.05 bits per heavy atom. The molecule has 9 heteroatoms. The fraction of sp³-hybridized carbons (Fsp3) is 0.171. The van der Waals surface area contributed by atoms with Crippen molar-refractivity contribution >= 4 is 52.4 Å². The molecule has 0 N–H and O–H groups in total. The number of esters is 1. The molecule has 0 saturated carbocycles. The first-order valence-electron chi connectivity index (χ1n) is 14.2. The standard InChI is InChI=1S/C35H30ClN3O3S2/c1-5-42-34(41)30-31(23-9-7-6-8-10-23)37-35-39(32(30)24-11-17-28(43-4)18-12-24)33(40)29(44-35)20-25-19-21(2)38(22(25)3)27-15-13-26(36)14-16-27/h6-20,32H,5H2,1-4H3/b29-20-/t32-/m1/s1. The molecule has 44 heavy (non-hydrogen) atoms. The number of hydrogen-bond acceptors (Lipinski definition) is 6. The topological polar surface area (TPSA) is 65.6 Å². The first kappa shape index (κ1) is 29.9. The highest BCUT2D eigenvalue weighted by Gasteiger charge is 2.35. The normalized spacial score (nSPS) is 14.8. The third kappa shape index (κ3) is 5.49. The van der Waals surface area contributed by atoms with E-state index in [1.165, 1.54) is 11.3 Å². The fourth-order valence-corrected chi connectivity index (χ4v) is 7.13. The van der Waals surface area contributed by atoms with Crippen molar-refractivity contribution in [1.82, 2.24) is 9.13 Å². The van der Waals surface area contributed by atoms with Crippen LogP contribution in [0.15, 0.2) is 105 Å². The monoisotopic (exact) mass is 639 g/mol.